The fourth-order valence-corrected chi connectivity index (χ4v) is 0.988. The monoisotopic (exact) mass is 196 g/mol. The summed E-state index contributed by atoms with van der Waals surface area (Å²) in [4.78, 5) is 18.6. The van der Waals surface area contributed by atoms with E-state index in [1.165, 1.54) is 13.2 Å². The van der Waals surface area contributed by atoms with Crippen molar-refractivity contribution in [2.75, 3.05) is 7.11 Å². The van der Waals surface area contributed by atoms with Gasteiger partial charge in [0.05, 0.1) is 0 Å². The average molecular weight is 196 g/mol. The normalized spacial score (nSPS) is 12.5. The maximum absolute atomic E-state index is 10.7. The molecule has 1 N–H and O–H groups in total. The van der Waals surface area contributed by atoms with E-state index in [2.05, 4.69) is 9.97 Å². The highest BCUT2D eigenvalue weighted by Crippen LogP contribution is 2.12. The zero-order valence-corrected chi connectivity index (χ0v) is 8.31. The number of aromatic nitrogens is 2. The molecular weight excluding hydrogens is 184 g/mol. The number of hydrogen-bond acceptors (Lipinski definition) is 4. The quantitative estimate of drug-likeness (QED) is 0.786. The molecule has 0 radical (unpaired) electrons. The van der Waals surface area contributed by atoms with Crippen LogP contribution in [0.4, 0.5) is 0 Å². The molecule has 14 heavy (non-hydrogen) atoms. The van der Waals surface area contributed by atoms with Gasteiger partial charge in [0.2, 0.25) is 0 Å². The van der Waals surface area contributed by atoms with Gasteiger partial charge in [0.15, 0.2) is 11.5 Å². The van der Waals surface area contributed by atoms with Crippen LogP contribution in [0.25, 0.3) is 0 Å². The number of ether oxygens (including phenoxy) is 1. The van der Waals surface area contributed by atoms with Crippen molar-refractivity contribution in [1.82, 2.24) is 9.97 Å². The second-order valence-electron chi connectivity index (χ2n) is 2.94. The number of aryl methyl sites for hydroxylation is 1. The molecule has 0 aromatic carbocycles. The lowest BCUT2D eigenvalue weighted by Crippen LogP contribution is -2.09. The number of hydrogen-bond donors (Lipinski definition) is 1. The Kier molecular flexibility index (Phi) is 3.14. The van der Waals surface area contributed by atoms with E-state index < -0.39 is 5.97 Å². The summed E-state index contributed by atoms with van der Waals surface area (Å²) >= 11 is 0. The molecule has 0 fully saturated rings. The van der Waals surface area contributed by atoms with Gasteiger partial charge in [-0.1, -0.05) is 0 Å². The van der Waals surface area contributed by atoms with Gasteiger partial charge in [0.25, 0.3) is 0 Å². The molecular formula is C9H12N2O3. The van der Waals surface area contributed by atoms with Crippen molar-refractivity contribution in [2.45, 2.75) is 20.0 Å². The first-order valence-corrected chi connectivity index (χ1v) is 4.16. The number of aromatic carboxylic acids is 1. The summed E-state index contributed by atoms with van der Waals surface area (Å²) in [5, 5.41) is 8.76. The number of carbonyl (C=O) groups is 1. The van der Waals surface area contributed by atoms with Crippen LogP contribution in [-0.4, -0.2) is 28.2 Å². The van der Waals surface area contributed by atoms with Crippen LogP contribution in [0.15, 0.2) is 6.07 Å². The first-order chi connectivity index (χ1) is 6.54. The Morgan fingerprint density at radius 3 is 2.71 bits per heavy atom. The minimum absolute atomic E-state index is 0.00333. The standard InChI is InChI=1S/C9H12N2O3/c1-5-4-7(9(12)13)11-8(10-5)6(2)14-3/h4,6H,1-3H3,(H,12,13). The fraction of sp³-hybridized carbons (Fsp3) is 0.444. The van der Waals surface area contributed by atoms with Crippen LogP contribution in [0.5, 0.6) is 0 Å². The Balaban J connectivity index is 3.13. The molecule has 0 aliphatic heterocycles. The predicted octanol–water partition coefficient (Wildman–Crippen LogP) is 1.19. The SMILES string of the molecule is COC(C)c1nc(C)cc(C(=O)O)n1. The van der Waals surface area contributed by atoms with E-state index in [0.717, 1.165) is 0 Å². The largest absolute Gasteiger partial charge is 0.477 e. The summed E-state index contributed by atoms with van der Waals surface area (Å²) in [6.07, 6.45) is -0.298. The molecule has 1 rings (SSSR count). The minimum Gasteiger partial charge on any atom is -0.477 e. The molecule has 5 heteroatoms. The second-order valence-corrected chi connectivity index (χ2v) is 2.94. The highest BCUT2D eigenvalue weighted by Gasteiger charge is 2.12. The molecule has 5 nitrogen and oxygen atoms in total. The van der Waals surface area contributed by atoms with E-state index in [-0.39, 0.29) is 11.8 Å². The summed E-state index contributed by atoms with van der Waals surface area (Å²) < 4.78 is 5.01. The third-order valence-corrected chi connectivity index (χ3v) is 1.81. The van der Waals surface area contributed by atoms with Gasteiger partial charge in [0, 0.05) is 12.8 Å². The molecule has 0 saturated carbocycles. The van der Waals surface area contributed by atoms with Gasteiger partial charge in [-0.15, -0.1) is 0 Å². The highest BCUT2D eigenvalue weighted by atomic mass is 16.5. The van der Waals surface area contributed by atoms with E-state index in [0.29, 0.717) is 11.5 Å². The number of nitrogens with zero attached hydrogens (tertiary/aromatic N) is 2. The number of methoxy groups -OCH3 is 1. The third kappa shape index (κ3) is 2.26. The first kappa shape index (κ1) is 10.6. The summed E-state index contributed by atoms with van der Waals surface area (Å²) in [5.74, 6) is -0.662. The summed E-state index contributed by atoms with van der Waals surface area (Å²) in [6.45, 7) is 3.49. The van der Waals surface area contributed by atoms with Crippen molar-refractivity contribution in [3.8, 4) is 0 Å². The van der Waals surface area contributed by atoms with E-state index in [1.54, 1.807) is 13.8 Å². The predicted molar refractivity (Wildman–Crippen MR) is 49.2 cm³/mol. The first-order valence-electron chi connectivity index (χ1n) is 4.16. The average Bonchev–Trinajstić information content (AvgIpc) is 2.15. The smallest absolute Gasteiger partial charge is 0.354 e. The Morgan fingerprint density at radius 1 is 1.57 bits per heavy atom. The van der Waals surface area contributed by atoms with Crippen LogP contribution in [0.3, 0.4) is 0 Å². The van der Waals surface area contributed by atoms with Crippen LogP contribution in [0.1, 0.15) is 35.0 Å². The third-order valence-electron chi connectivity index (χ3n) is 1.81. The van der Waals surface area contributed by atoms with Crippen molar-refractivity contribution < 1.29 is 14.6 Å². The van der Waals surface area contributed by atoms with Crippen molar-refractivity contribution in [2.24, 2.45) is 0 Å². The zero-order valence-electron chi connectivity index (χ0n) is 8.31. The van der Waals surface area contributed by atoms with Gasteiger partial charge in [-0.05, 0) is 19.9 Å². The number of rotatable bonds is 3. The van der Waals surface area contributed by atoms with E-state index in [1.807, 2.05) is 0 Å². The molecule has 0 spiro atoms. The highest BCUT2D eigenvalue weighted by molar-refractivity contribution is 5.85. The van der Waals surface area contributed by atoms with Gasteiger partial charge in [0.1, 0.15) is 6.10 Å². The van der Waals surface area contributed by atoms with Crippen molar-refractivity contribution in [3.05, 3.63) is 23.3 Å². The minimum atomic E-state index is -1.06. The summed E-state index contributed by atoms with van der Waals surface area (Å²) in [7, 11) is 1.52. The number of carboxylic acids is 1. The van der Waals surface area contributed by atoms with Gasteiger partial charge in [-0.25, -0.2) is 14.8 Å². The van der Waals surface area contributed by atoms with Gasteiger partial charge in [-0.3, -0.25) is 0 Å². The molecule has 0 saturated heterocycles. The van der Waals surface area contributed by atoms with Crippen LogP contribution in [0.2, 0.25) is 0 Å². The van der Waals surface area contributed by atoms with Crippen LogP contribution in [-0.2, 0) is 4.74 Å². The summed E-state index contributed by atoms with van der Waals surface area (Å²) in [6, 6.07) is 1.42. The van der Waals surface area contributed by atoms with Gasteiger partial charge >= 0.3 is 5.97 Å². The molecule has 1 atom stereocenters. The summed E-state index contributed by atoms with van der Waals surface area (Å²) in [5.41, 5.74) is 0.618. The Morgan fingerprint density at radius 2 is 2.21 bits per heavy atom. The molecule has 0 aliphatic carbocycles. The Hall–Kier alpha value is -1.49. The van der Waals surface area contributed by atoms with Crippen molar-refractivity contribution in [1.29, 1.82) is 0 Å². The molecule has 0 amide bonds. The van der Waals surface area contributed by atoms with Crippen molar-refractivity contribution in [3.63, 3.8) is 0 Å². The van der Waals surface area contributed by atoms with Crippen LogP contribution < -0.4 is 0 Å². The molecule has 1 heterocycles. The fourth-order valence-electron chi connectivity index (χ4n) is 0.988. The van der Waals surface area contributed by atoms with Gasteiger partial charge in [-0.2, -0.15) is 0 Å². The van der Waals surface area contributed by atoms with E-state index in [9.17, 15) is 4.79 Å². The zero-order chi connectivity index (χ0) is 10.7. The molecule has 0 aliphatic rings. The Bertz CT molecular complexity index is 352. The van der Waals surface area contributed by atoms with E-state index in [4.69, 9.17) is 9.84 Å². The maximum atomic E-state index is 10.7. The number of carboxylic acid groups (broad SMARTS) is 1. The molecule has 0 bridgehead atoms. The molecule has 1 aromatic rings. The molecule has 76 valence electrons. The lowest BCUT2D eigenvalue weighted by molar-refractivity contribution is 0.0686. The maximum Gasteiger partial charge on any atom is 0.354 e. The van der Waals surface area contributed by atoms with Crippen LogP contribution >= 0.6 is 0 Å². The second kappa shape index (κ2) is 4.15. The van der Waals surface area contributed by atoms with Gasteiger partial charge < -0.3 is 9.84 Å². The lowest BCUT2D eigenvalue weighted by Gasteiger charge is -2.08. The van der Waals surface area contributed by atoms with Crippen LogP contribution in [0, 0.1) is 6.92 Å². The van der Waals surface area contributed by atoms with Crippen molar-refractivity contribution >= 4 is 5.97 Å². The molecule has 1 aromatic heterocycles. The topological polar surface area (TPSA) is 72.3 Å². The lowest BCUT2D eigenvalue weighted by atomic mass is 10.3. The van der Waals surface area contributed by atoms with E-state index >= 15 is 0 Å². The molecule has 1 unspecified atom stereocenters. The Labute approximate surface area is 81.8 Å².